The minimum atomic E-state index is 0.156. The summed E-state index contributed by atoms with van der Waals surface area (Å²) in [6, 6.07) is 2.10. The van der Waals surface area contributed by atoms with Crippen molar-refractivity contribution in [3.05, 3.63) is 5.56 Å². The lowest BCUT2D eigenvalue weighted by molar-refractivity contribution is 0.188. The molecule has 0 saturated carbocycles. The van der Waals surface area contributed by atoms with E-state index in [9.17, 15) is 5.26 Å². The lowest BCUT2D eigenvalue weighted by Crippen LogP contribution is -2.47. The van der Waals surface area contributed by atoms with Crippen LogP contribution >= 0.6 is 0 Å². The average molecular weight is 317 g/mol. The Morgan fingerprint density at radius 1 is 1.30 bits per heavy atom. The number of nitriles is 1. The quantitative estimate of drug-likeness (QED) is 0.631. The number of β-amino-alcohol motifs (C(OH)–C–C–N with tert-alkyl or cyclic N) is 1. The summed E-state index contributed by atoms with van der Waals surface area (Å²) < 4.78 is 1.37. The smallest absolute Gasteiger partial charge is 0.230 e. The number of fused-ring (bicyclic) bond motifs is 1. The molecule has 0 bridgehead atoms. The number of aromatic nitrogens is 4. The minimum Gasteiger partial charge on any atom is -0.395 e. The first-order valence-corrected chi connectivity index (χ1v) is 7.40. The number of nitrogens with two attached hydrogens (primary N) is 1. The van der Waals surface area contributed by atoms with Gasteiger partial charge in [-0.05, 0) is 0 Å². The maximum atomic E-state index is 9.33. The summed E-state index contributed by atoms with van der Waals surface area (Å²) in [6.45, 7) is 3.95. The zero-order valence-electron chi connectivity index (χ0n) is 12.9. The van der Waals surface area contributed by atoms with E-state index < -0.39 is 0 Å². The predicted octanol–water partition coefficient (Wildman–Crippen LogP) is -1.27. The van der Waals surface area contributed by atoms with Crippen LogP contribution in [0.4, 0.5) is 17.7 Å². The molecule has 23 heavy (non-hydrogen) atoms. The Morgan fingerprint density at radius 2 is 2.04 bits per heavy atom. The number of aliphatic hydroxyl groups is 1. The highest BCUT2D eigenvalue weighted by atomic mass is 16.3. The summed E-state index contributed by atoms with van der Waals surface area (Å²) in [5.41, 5.74) is 6.72. The van der Waals surface area contributed by atoms with Gasteiger partial charge in [-0.1, -0.05) is 0 Å². The number of nitrogen functional groups attached to an aromatic ring is 1. The zero-order valence-corrected chi connectivity index (χ0v) is 12.9. The van der Waals surface area contributed by atoms with Crippen LogP contribution in [0, 0.1) is 11.3 Å². The normalized spacial score (nSPS) is 15.8. The van der Waals surface area contributed by atoms with Crippen LogP contribution in [0.5, 0.6) is 0 Å². The van der Waals surface area contributed by atoms with Crippen LogP contribution in [-0.4, -0.2) is 76.0 Å². The van der Waals surface area contributed by atoms with E-state index in [1.54, 1.807) is 7.05 Å². The molecule has 1 aliphatic rings. The molecular formula is C13H19N9O. The fourth-order valence-corrected chi connectivity index (χ4v) is 2.67. The van der Waals surface area contributed by atoms with Crippen molar-refractivity contribution in [2.75, 3.05) is 62.3 Å². The van der Waals surface area contributed by atoms with Crippen LogP contribution in [0.25, 0.3) is 5.65 Å². The monoisotopic (exact) mass is 317 g/mol. The second-order valence-corrected chi connectivity index (χ2v) is 5.25. The first-order chi connectivity index (χ1) is 11.2. The van der Waals surface area contributed by atoms with Crippen molar-refractivity contribution in [3.63, 3.8) is 0 Å². The van der Waals surface area contributed by atoms with Crippen LogP contribution < -0.4 is 16.0 Å². The maximum Gasteiger partial charge on any atom is 0.230 e. The Labute approximate surface area is 133 Å². The molecule has 0 atom stereocenters. The number of nitrogens with zero attached hydrogens (tertiary/aromatic N) is 7. The van der Waals surface area contributed by atoms with Gasteiger partial charge in [-0.15, -0.1) is 5.10 Å². The third-order valence-electron chi connectivity index (χ3n) is 3.92. The lowest BCUT2D eigenvalue weighted by atomic mass is 10.3. The van der Waals surface area contributed by atoms with Crippen LogP contribution in [-0.2, 0) is 0 Å². The topological polar surface area (TPSA) is 132 Å². The van der Waals surface area contributed by atoms with Crippen LogP contribution in [0.1, 0.15) is 5.56 Å². The Bertz CT molecular complexity index is 742. The van der Waals surface area contributed by atoms with Gasteiger partial charge in [0.25, 0.3) is 0 Å². The fourth-order valence-electron chi connectivity index (χ4n) is 2.67. The van der Waals surface area contributed by atoms with E-state index in [4.69, 9.17) is 10.8 Å². The van der Waals surface area contributed by atoms with Gasteiger partial charge in [0.2, 0.25) is 11.9 Å². The molecule has 0 radical (unpaired) electrons. The molecule has 10 nitrogen and oxygen atoms in total. The van der Waals surface area contributed by atoms with E-state index >= 15 is 0 Å². The minimum absolute atomic E-state index is 0.156. The van der Waals surface area contributed by atoms with Crippen LogP contribution in [0.15, 0.2) is 0 Å². The first-order valence-electron chi connectivity index (χ1n) is 7.40. The molecule has 3 rings (SSSR count). The van der Waals surface area contributed by atoms with Gasteiger partial charge in [-0.3, -0.25) is 4.90 Å². The van der Waals surface area contributed by atoms with Crippen molar-refractivity contribution in [2.24, 2.45) is 0 Å². The van der Waals surface area contributed by atoms with E-state index in [-0.39, 0.29) is 12.6 Å². The lowest BCUT2D eigenvalue weighted by Gasteiger charge is -2.34. The van der Waals surface area contributed by atoms with Crippen molar-refractivity contribution in [3.8, 4) is 6.07 Å². The molecule has 2 aromatic rings. The second kappa shape index (κ2) is 6.23. The maximum absolute atomic E-state index is 9.33. The highest BCUT2D eigenvalue weighted by Gasteiger charge is 2.22. The molecule has 1 fully saturated rings. The number of nitrogens with one attached hydrogen (secondary N) is 1. The molecule has 0 spiro atoms. The number of hydrogen-bond acceptors (Lipinski definition) is 9. The summed E-state index contributed by atoms with van der Waals surface area (Å²) >= 11 is 0. The van der Waals surface area contributed by atoms with Crippen molar-refractivity contribution in [1.29, 1.82) is 5.26 Å². The molecule has 0 unspecified atom stereocenters. The predicted molar refractivity (Wildman–Crippen MR) is 85.2 cm³/mol. The summed E-state index contributed by atoms with van der Waals surface area (Å²) in [5.74, 6) is 1.12. The second-order valence-electron chi connectivity index (χ2n) is 5.25. The molecule has 2 aromatic heterocycles. The highest BCUT2D eigenvalue weighted by Crippen LogP contribution is 2.22. The Kier molecular flexibility index (Phi) is 4.14. The molecule has 1 saturated heterocycles. The van der Waals surface area contributed by atoms with Gasteiger partial charge in [-0.2, -0.15) is 19.7 Å². The summed E-state index contributed by atoms with van der Waals surface area (Å²) in [4.78, 5) is 13.0. The number of anilines is 3. The largest absolute Gasteiger partial charge is 0.395 e. The molecule has 0 aliphatic carbocycles. The molecule has 0 aromatic carbocycles. The van der Waals surface area contributed by atoms with Crippen molar-refractivity contribution >= 4 is 23.4 Å². The van der Waals surface area contributed by atoms with Gasteiger partial charge in [-0.25, -0.2) is 0 Å². The molecule has 0 amide bonds. The van der Waals surface area contributed by atoms with Gasteiger partial charge >= 0.3 is 0 Å². The third kappa shape index (κ3) is 2.71. The van der Waals surface area contributed by atoms with Gasteiger partial charge in [0, 0.05) is 39.8 Å². The number of hydrogen-bond donors (Lipinski definition) is 3. The summed E-state index contributed by atoms with van der Waals surface area (Å²) in [6.07, 6.45) is 0. The molecular weight excluding hydrogens is 298 g/mol. The number of aliphatic hydroxyl groups excluding tert-OH is 1. The van der Waals surface area contributed by atoms with Crippen LogP contribution in [0.3, 0.4) is 0 Å². The number of piperazine rings is 1. The van der Waals surface area contributed by atoms with E-state index in [1.807, 2.05) is 4.90 Å². The van der Waals surface area contributed by atoms with E-state index in [2.05, 4.69) is 31.4 Å². The molecule has 122 valence electrons. The molecule has 4 N–H and O–H groups in total. The van der Waals surface area contributed by atoms with Crippen molar-refractivity contribution in [2.45, 2.75) is 0 Å². The van der Waals surface area contributed by atoms with Gasteiger partial charge in [0.05, 0.1) is 6.61 Å². The van der Waals surface area contributed by atoms with Gasteiger partial charge < -0.3 is 21.1 Å². The molecule has 1 aliphatic heterocycles. The third-order valence-corrected chi connectivity index (χ3v) is 3.92. The van der Waals surface area contributed by atoms with Gasteiger partial charge in [0.1, 0.15) is 11.6 Å². The van der Waals surface area contributed by atoms with Crippen LogP contribution in [0.2, 0.25) is 0 Å². The zero-order chi connectivity index (χ0) is 16.4. The number of rotatable bonds is 4. The molecule has 10 heteroatoms. The summed E-state index contributed by atoms with van der Waals surface area (Å²) in [7, 11) is 1.69. The average Bonchev–Trinajstić information content (AvgIpc) is 2.94. The SMILES string of the molecule is CNc1nn2c(N)nc(N3CCN(CCO)CC3)nc2c1C#N. The molecule has 3 heterocycles. The Morgan fingerprint density at radius 3 is 2.65 bits per heavy atom. The van der Waals surface area contributed by atoms with E-state index in [0.29, 0.717) is 29.5 Å². The van der Waals surface area contributed by atoms with E-state index in [1.165, 1.54) is 4.52 Å². The fraction of sp³-hybridized carbons (Fsp3) is 0.538. The standard InChI is InChI=1S/C13H19N9O/c1-16-10-9(8-14)11-17-13(18-12(15)22(11)19-10)21-4-2-20(3-5-21)6-7-23/h23H,2-7H2,1H3,(H,16,19)(H2,15,17,18). The first kappa shape index (κ1) is 15.3. The summed E-state index contributed by atoms with van der Waals surface area (Å²) in [5, 5.41) is 25.4. The van der Waals surface area contributed by atoms with E-state index in [0.717, 1.165) is 26.2 Å². The highest BCUT2D eigenvalue weighted by molar-refractivity contribution is 5.69. The Hall–Kier alpha value is -2.64. The van der Waals surface area contributed by atoms with Crippen molar-refractivity contribution in [1.82, 2.24) is 24.5 Å². The van der Waals surface area contributed by atoms with Gasteiger partial charge in [0.15, 0.2) is 11.5 Å². The Balaban J connectivity index is 1.92. The van der Waals surface area contributed by atoms with Crippen molar-refractivity contribution < 1.29 is 5.11 Å².